The van der Waals surface area contributed by atoms with Crippen LogP contribution in [0.15, 0.2) is 0 Å². The number of rotatable bonds is 8. The Balaban J connectivity index is 2.65. The number of nitrogens with zero attached hydrogens (tertiary/aromatic N) is 1. The van der Waals surface area contributed by atoms with E-state index in [0.717, 1.165) is 6.04 Å². The number of likely N-dealkylation sites (N-methyl/N-ethyl adjacent to an activating group) is 1. The third kappa shape index (κ3) is 3.96. The lowest BCUT2D eigenvalue weighted by atomic mass is 9.86. The van der Waals surface area contributed by atoms with Gasteiger partial charge in [0.05, 0.1) is 0 Å². The molecule has 0 heterocycles. The first kappa shape index (κ1) is 16.0. The Bertz CT molecular complexity index is 217. The quantitative estimate of drug-likeness (QED) is 0.711. The summed E-state index contributed by atoms with van der Waals surface area (Å²) in [4.78, 5) is 2.77. The van der Waals surface area contributed by atoms with Crippen molar-refractivity contribution in [2.75, 3.05) is 20.1 Å². The Morgan fingerprint density at radius 3 is 2.11 bits per heavy atom. The lowest BCUT2D eigenvalue weighted by Gasteiger charge is -2.37. The van der Waals surface area contributed by atoms with Gasteiger partial charge in [0.15, 0.2) is 0 Å². The zero-order chi connectivity index (χ0) is 13.6. The van der Waals surface area contributed by atoms with Gasteiger partial charge < -0.3 is 5.32 Å². The molecule has 0 spiro atoms. The van der Waals surface area contributed by atoms with Crippen LogP contribution in [-0.4, -0.2) is 37.1 Å². The molecule has 2 atom stereocenters. The van der Waals surface area contributed by atoms with Crippen molar-refractivity contribution in [1.82, 2.24) is 10.2 Å². The van der Waals surface area contributed by atoms with E-state index in [1.54, 1.807) is 0 Å². The summed E-state index contributed by atoms with van der Waals surface area (Å²) in [6.07, 6.45) is 8.03. The molecule has 0 aromatic heterocycles. The molecule has 0 aromatic carbocycles. The Kier molecular flexibility index (Phi) is 6.65. The van der Waals surface area contributed by atoms with Gasteiger partial charge in [0.1, 0.15) is 0 Å². The summed E-state index contributed by atoms with van der Waals surface area (Å²) in [5.41, 5.74) is 0.454. The highest BCUT2D eigenvalue weighted by atomic mass is 15.2. The summed E-state index contributed by atoms with van der Waals surface area (Å²) in [5, 5.41) is 3.60. The average molecular weight is 254 g/mol. The van der Waals surface area contributed by atoms with Crippen LogP contribution in [0.5, 0.6) is 0 Å². The van der Waals surface area contributed by atoms with Crippen molar-refractivity contribution < 1.29 is 0 Å². The maximum absolute atomic E-state index is 3.60. The first-order valence-corrected chi connectivity index (χ1v) is 7.98. The van der Waals surface area contributed by atoms with Crippen LogP contribution < -0.4 is 5.32 Å². The summed E-state index contributed by atoms with van der Waals surface area (Å²) < 4.78 is 0. The zero-order valence-corrected chi connectivity index (χ0v) is 13.3. The molecule has 2 nitrogen and oxygen atoms in total. The molecule has 0 aliphatic heterocycles. The summed E-state index contributed by atoms with van der Waals surface area (Å²) in [6.45, 7) is 12.0. The number of hydrogen-bond donors (Lipinski definition) is 1. The van der Waals surface area contributed by atoms with Crippen LogP contribution in [0, 0.1) is 5.41 Å². The van der Waals surface area contributed by atoms with Crippen LogP contribution in [0.3, 0.4) is 0 Å². The van der Waals surface area contributed by atoms with E-state index in [9.17, 15) is 0 Å². The summed E-state index contributed by atoms with van der Waals surface area (Å²) in [6, 6.07) is 1.41. The van der Waals surface area contributed by atoms with Crippen molar-refractivity contribution >= 4 is 0 Å². The van der Waals surface area contributed by atoms with E-state index < -0.39 is 0 Å². The minimum atomic E-state index is 0.454. The van der Waals surface area contributed by atoms with Gasteiger partial charge in [-0.2, -0.15) is 0 Å². The van der Waals surface area contributed by atoms with Gasteiger partial charge in [-0.1, -0.05) is 40.5 Å². The molecule has 1 N–H and O–H groups in total. The number of hydrogen-bond acceptors (Lipinski definition) is 2. The Labute approximate surface area is 115 Å². The van der Waals surface area contributed by atoms with Gasteiger partial charge in [-0.25, -0.2) is 0 Å². The molecule has 1 rings (SSSR count). The number of unbranched alkanes of at least 4 members (excludes halogenated alkanes) is 2. The Morgan fingerprint density at radius 1 is 1.11 bits per heavy atom. The molecule has 1 aliphatic carbocycles. The molecule has 0 bridgehead atoms. The Hall–Kier alpha value is -0.0800. The van der Waals surface area contributed by atoms with Crippen LogP contribution in [0.4, 0.5) is 0 Å². The fourth-order valence-electron chi connectivity index (χ4n) is 3.51. The highest BCUT2D eigenvalue weighted by Gasteiger charge is 2.43. The minimum Gasteiger partial charge on any atom is -0.315 e. The van der Waals surface area contributed by atoms with E-state index in [2.05, 4.69) is 45.0 Å². The third-order valence-electron chi connectivity index (χ3n) is 4.69. The smallest absolute Gasteiger partial charge is 0.0271 e. The first-order chi connectivity index (χ1) is 8.56. The van der Waals surface area contributed by atoms with Crippen molar-refractivity contribution in [2.24, 2.45) is 5.41 Å². The van der Waals surface area contributed by atoms with Gasteiger partial charge in [0.25, 0.3) is 0 Å². The molecule has 0 radical (unpaired) electrons. The van der Waals surface area contributed by atoms with Crippen molar-refractivity contribution in [3.8, 4) is 0 Å². The largest absolute Gasteiger partial charge is 0.315 e. The molecular formula is C16H34N2. The molecule has 1 fully saturated rings. The van der Waals surface area contributed by atoms with Crippen molar-refractivity contribution in [1.29, 1.82) is 0 Å². The van der Waals surface area contributed by atoms with E-state index in [4.69, 9.17) is 0 Å². The van der Waals surface area contributed by atoms with Crippen LogP contribution >= 0.6 is 0 Å². The third-order valence-corrected chi connectivity index (χ3v) is 4.69. The van der Waals surface area contributed by atoms with Crippen LogP contribution in [-0.2, 0) is 0 Å². The van der Waals surface area contributed by atoms with Crippen molar-refractivity contribution in [3.05, 3.63) is 0 Å². The second kappa shape index (κ2) is 7.49. The first-order valence-electron chi connectivity index (χ1n) is 7.98. The molecule has 2 heteroatoms. The van der Waals surface area contributed by atoms with Gasteiger partial charge in [-0.3, -0.25) is 4.90 Å². The predicted octanol–water partition coefficient (Wildman–Crippen LogP) is 3.67. The standard InChI is InChI=1S/C16H34N2/c1-6-8-12-18(13-9-7-2)14-10-11-16(3,4)15(14)17-5/h14-15,17H,6-13H2,1-5H3. The van der Waals surface area contributed by atoms with Gasteiger partial charge in [-0.15, -0.1) is 0 Å². The van der Waals surface area contributed by atoms with Crippen LogP contribution in [0.2, 0.25) is 0 Å². The van der Waals surface area contributed by atoms with Crippen LogP contribution in [0.25, 0.3) is 0 Å². The van der Waals surface area contributed by atoms with Gasteiger partial charge in [-0.05, 0) is 51.2 Å². The molecule has 1 aliphatic rings. The fraction of sp³-hybridized carbons (Fsp3) is 1.00. The van der Waals surface area contributed by atoms with E-state index >= 15 is 0 Å². The van der Waals surface area contributed by atoms with E-state index in [0.29, 0.717) is 11.5 Å². The maximum atomic E-state index is 3.60. The molecule has 2 unspecified atom stereocenters. The normalized spacial score (nSPS) is 27.0. The topological polar surface area (TPSA) is 15.3 Å². The maximum Gasteiger partial charge on any atom is 0.0271 e. The van der Waals surface area contributed by atoms with Gasteiger partial charge in [0.2, 0.25) is 0 Å². The van der Waals surface area contributed by atoms with Gasteiger partial charge in [0, 0.05) is 12.1 Å². The lowest BCUT2D eigenvalue weighted by molar-refractivity contribution is 0.144. The minimum absolute atomic E-state index is 0.454. The molecular weight excluding hydrogens is 220 g/mol. The highest BCUT2D eigenvalue weighted by molar-refractivity contribution is 5.00. The fourth-order valence-corrected chi connectivity index (χ4v) is 3.51. The SMILES string of the molecule is CCCCN(CCCC)C1CCC(C)(C)C1NC. The average Bonchev–Trinajstić information content (AvgIpc) is 2.64. The molecule has 1 saturated carbocycles. The summed E-state index contributed by atoms with van der Waals surface area (Å²) in [7, 11) is 2.14. The van der Waals surface area contributed by atoms with Crippen molar-refractivity contribution in [2.45, 2.75) is 78.3 Å². The number of nitrogens with one attached hydrogen (secondary N) is 1. The van der Waals surface area contributed by atoms with Crippen molar-refractivity contribution in [3.63, 3.8) is 0 Å². The van der Waals surface area contributed by atoms with E-state index in [1.807, 2.05) is 0 Å². The summed E-state index contributed by atoms with van der Waals surface area (Å²) >= 11 is 0. The molecule has 0 aromatic rings. The highest BCUT2D eigenvalue weighted by Crippen LogP contribution is 2.39. The second-order valence-corrected chi connectivity index (χ2v) is 6.60. The zero-order valence-electron chi connectivity index (χ0n) is 13.3. The second-order valence-electron chi connectivity index (χ2n) is 6.60. The Morgan fingerprint density at radius 2 is 1.67 bits per heavy atom. The van der Waals surface area contributed by atoms with Crippen LogP contribution in [0.1, 0.15) is 66.2 Å². The van der Waals surface area contributed by atoms with E-state index in [-0.39, 0.29) is 0 Å². The molecule has 108 valence electrons. The van der Waals surface area contributed by atoms with Gasteiger partial charge >= 0.3 is 0 Å². The molecule has 0 saturated heterocycles. The monoisotopic (exact) mass is 254 g/mol. The predicted molar refractivity (Wildman–Crippen MR) is 81.0 cm³/mol. The lowest BCUT2D eigenvalue weighted by Crippen LogP contribution is -2.51. The molecule has 0 amide bonds. The molecule has 18 heavy (non-hydrogen) atoms. The summed E-state index contributed by atoms with van der Waals surface area (Å²) in [5.74, 6) is 0. The van der Waals surface area contributed by atoms with E-state index in [1.165, 1.54) is 51.6 Å².